The van der Waals surface area contributed by atoms with E-state index >= 15 is 0 Å². The minimum absolute atomic E-state index is 0.312. The van der Waals surface area contributed by atoms with Crippen molar-refractivity contribution >= 4 is 10.9 Å². The topological polar surface area (TPSA) is 53.7 Å². The lowest BCUT2D eigenvalue weighted by Gasteiger charge is -2.04. The number of aromatic nitrogens is 3. The molecule has 0 aliphatic rings. The molecule has 4 nitrogen and oxygen atoms in total. The number of ether oxygens (including phenoxy) is 1. The Morgan fingerprint density at radius 3 is 2.41 bits per heavy atom. The van der Waals surface area contributed by atoms with Crippen LogP contribution in [0.1, 0.15) is 0 Å². The molecule has 0 aliphatic heterocycles. The van der Waals surface area contributed by atoms with Crippen LogP contribution in [0.15, 0.2) is 79.0 Å². The van der Waals surface area contributed by atoms with E-state index < -0.39 is 0 Å². The maximum atomic E-state index is 14.4. The molecule has 0 radical (unpaired) electrons. The molecule has 0 unspecified atom stereocenters. The van der Waals surface area contributed by atoms with Crippen LogP contribution < -0.4 is 4.74 Å². The van der Waals surface area contributed by atoms with E-state index in [0.29, 0.717) is 11.4 Å². The Morgan fingerprint density at radius 2 is 1.62 bits per heavy atom. The van der Waals surface area contributed by atoms with Crippen LogP contribution in [0, 0.1) is 5.82 Å². The zero-order valence-electron chi connectivity index (χ0n) is 15.7. The third kappa shape index (κ3) is 2.97. The van der Waals surface area contributed by atoms with Crippen molar-refractivity contribution in [3.8, 4) is 39.7 Å². The molecule has 0 spiro atoms. The maximum Gasteiger partial charge on any atom is 0.141 e. The van der Waals surface area contributed by atoms with Gasteiger partial charge in [0, 0.05) is 28.2 Å². The summed E-state index contributed by atoms with van der Waals surface area (Å²) in [4.78, 5) is 11.4. The number of fused-ring (bicyclic) bond motifs is 1. The highest BCUT2D eigenvalue weighted by atomic mass is 19.1. The van der Waals surface area contributed by atoms with Gasteiger partial charge in [-0.2, -0.15) is 0 Å². The van der Waals surface area contributed by atoms with Crippen LogP contribution in [0.2, 0.25) is 0 Å². The Labute approximate surface area is 167 Å². The molecule has 142 valence electrons. The number of imidazole rings is 1. The molecular formula is C24H18FN3O. The highest BCUT2D eigenvalue weighted by Gasteiger charge is 2.19. The third-order valence-corrected chi connectivity index (χ3v) is 5.05. The van der Waals surface area contributed by atoms with Crippen LogP contribution in [0.3, 0.4) is 0 Å². The van der Waals surface area contributed by atoms with Crippen molar-refractivity contribution in [2.45, 2.75) is 0 Å². The van der Waals surface area contributed by atoms with E-state index in [9.17, 15) is 4.39 Å². The largest absolute Gasteiger partial charge is 0.497 e. The molecule has 0 saturated heterocycles. The Hall–Kier alpha value is -3.86. The van der Waals surface area contributed by atoms with Crippen LogP contribution in [0.4, 0.5) is 4.39 Å². The monoisotopic (exact) mass is 383 g/mol. The molecule has 5 heteroatoms. The standard InChI is InChI=1S/C24H18FN3O/c1-29-16-12-10-15(11-13-16)22-23(19-14-26-21-9-5-3-6-17(19)21)28-24(27-22)18-7-2-4-8-20(18)25/h2-14,26H,1H3,(H,27,28). The average Bonchev–Trinajstić information content (AvgIpc) is 3.38. The molecule has 2 heterocycles. The minimum atomic E-state index is -0.312. The van der Waals surface area contributed by atoms with Crippen molar-refractivity contribution in [3.05, 3.63) is 84.8 Å². The number of benzene rings is 3. The van der Waals surface area contributed by atoms with Crippen molar-refractivity contribution in [1.82, 2.24) is 15.0 Å². The van der Waals surface area contributed by atoms with E-state index in [1.807, 2.05) is 48.7 Å². The van der Waals surface area contributed by atoms with Gasteiger partial charge < -0.3 is 14.7 Å². The number of nitrogens with one attached hydrogen (secondary N) is 2. The first kappa shape index (κ1) is 17.3. The maximum absolute atomic E-state index is 14.4. The molecule has 29 heavy (non-hydrogen) atoms. The summed E-state index contributed by atoms with van der Waals surface area (Å²) in [5.74, 6) is 0.953. The van der Waals surface area contributed by atoms with Gasteiger partial charge in [-0.15, -0.1) is 0 Å². The summed E-state index contributed by atoms with van der Waals surface area (Å²) in [6.45, 7) is 0. The molecule has 0 saturated carbocycles. The molecule has 2 aromatic heterocycles. The number of rotatable bonds is 4. The summed E-state index contributed by atoms with van der Waals surface area (Å²) in [6, 6.07) is 22.4. The molecule has 0 fully saturated rings. The first-order valence-electron chi connectivity index (χ1n) is 9.30. The van der Waals surface area contributed by atoms with Crippen molar-refractivity contribution in [3.63, 3.8) is 0 Å². The Morgan fingerprint density at radius 1 is 0.862 bits per heavy atom. The Bertz CT molecular complexity index is 1300. The zero-order valence-corrected chi connectivity index (χ0v) is 15.7. The van der Waals surface area contributed by atoms with E-state index in [-0.39, 0.29) is 5.82 Å². The van der Waals surface area contributed by atoms with Crippen LogP contribution >= 0.6 is 0 Å². The molecule has 0 aliphatic carbocycles. The van der Waals surface area contributed by atoms with Crippen LogP contribution in [0.25, 0.3) is 44.8 Å². The van der Waals surface area contributed by atoms with E-state index in [1.165, 1.54) is 6.07 Å². The molecule has 5 aromatic rings. The van der Waals surface area contributed by atoms with Crippen molar-refractivity contribution in [2.75, 3.05) is 7.11 Å². The summed E-state index contributed by atoms with van der Waals surface area (Å²) < 4.78 is 19.7. The lowest BCUT2D eigenvalue weighted by atomic mass is 10.0. The van der Waals surface area contributed by atoms with Crippen molar-refractivity contribution < 1.29 is 9.13 Å². The third-order valence-electron chi connectivity index (χ3n) is 5.05. The summed E-state index contributed by atoms with van der Waals surface area (Å²) in [5, 5.41) is 1.07. The second-order valence-corrected chi connectivity index (χ2v) is 6.77. The van der Waals surface area contributed by atoms with Gasteiger partial charge in [0.2, 0.25) is 0 Å². The summed E-state index contributed by atoms with van der Waals surface area (Å²) in [6.07, 6.45) is 1.95. The minimum Gasteiger partial charge on any atom is -0.497 e. The predicted octanol–water partition coefficient (Wildman–Crippen LogP) is 6.04. The van der Waals surface area contributed by atoms with Crippen LogP contribution in [0.5, 0.6) is 5.75 Å². The number of methoxy groups -OCH3 is 1. The fraction of sp³-hybridized carbons (Fsp3) is 0.0417. The van der Waals surface area contributed by atoms with Crippen LogP contribution in [-0.2, 0) is 0 Å². The van der Waals surface area contributed by atoms with E-state index in [1.54, 1.807) is 25.3 Å². The zero-order chi connectivity index (χ0) is 19.8. The molecule has 5 rings (SSSR count). The Kier molecular flexibility index (Phi) is 4.13. The SMILES string of the molecule is COc1ccc(-c2nc(-c3ccccc3F)[nH]c2-c2c[nH]c3ccccc23)cc1. The smallest absolute Gasteiger partial charge is 0.141 e. The van der Waals surface area contributed by atoms with Gasteiger partial charge in [0.05, 0.1) is 24.1 Å². The van der Waals surface area contributed by atoms with Crippen molar-refractivity contribution in [1.29, 1.82) is 0 Å². The first-order valence-corrected chi connectivity index (χ1v) is 9.30. The first-order chi connectivity index (χ1) is 14.2. The van der Waals surface area contributed by atoms with Gasteiger partial charge in [0.25, 0.3) is 0 Å². The second kappa shape index (κ2) is 6.95. The highest BCUT2D eigenvalue weighted by molar-refractivity contribution is 5.98. The number of nitrogens with zero attached hydrogens (tertiary/aromatic N) is 1. The summed E-state index contributed by atoms with van der Waals surface area (Å²) in [7, 11) is 1.64. The van der Waals surface area contributed by atoms with Gasteiger partial charge in [-0.3, -0.25) is 0 Å². The van der Waals surface area contributed by atoms with Gasteiger partial charge in [0.15, 0.2) is 0 Å². The fourth-order valence-corrected chi connectivity index (χ4v) is 3.59. The molecule has 0 bridgehead atoms. The van der Waals surface area contributed by atoms with E-state index in [2.05, 4.69) is 16.0 Å². The summed E-state index contributed by atoms with van der Waals surface area (Å²) >= 11 is 0. The van der Waals surface area contributed by atoms with Gasteiger partial charge in [-0.1, -0.05) is 30.3 Å². The molecule has 2 N–H and O–H groups in total. The van der Waals surface area contributed by atoms with E-state index in [0.717, 1.165) is 39.2 Å². The number of para-hydroxylation sites is 1. The lowest BCUT2D eigenvalue weighted by Crippen LogP contribution is -1.86. The summed E-state index contributed by atoms with van der Waals surface area (Å²) in [5.41, 5.74) is 4.98. The quantitative estimate of drug-likeness (QED) is 0.397. The number of aromatic amines is 2. The van der Waals surface area contributed by atoms with Gasteiger partial charge in [0.1, 0.15) is 17.4 Å². The van der Waals surface area contributed by atoms with E-state index in [4.69, 9.17) is 9.72 Å². The number of H-pyrrole nitrogens is 2. The van der Waals surface area contributed by atoms with Crippen LogP contribution in [-0.4, -0.2) is 22.1 Å². The average molecular weight is 383 g/mol. The van der Waals surface area contributed by atoms with Gasteiger partial charge >= 0.3 is 0 Å². The second-order valence-electron chi connectivity index (χ2n) is 6.77. The van der Waals surface area contributed by atoms with Gasteiger partial charge in [-0.25, -0.2) is 9.37 Å². The molecular weight excluding hydrogens is 365 g/mol. The molecule has 0 amide bonds. The lowest BCUT2D eigenvalue weighted by molar-refractivity contribution is 0.415. The van der Waals surface area contributed by atoms with Gasteiger partial charge in [-0.05, 0) is 42.5 Å². The number of hydrogen-bond donors (Lipinski definition) is 2. The normalized spacial score (nSPS) is 11.1. The number of halogens is 1. The Balaban J connectivity index is 1.74. The molecule has 3 aromatic carbocycles. The number of hydrogen-bond acceptors (Lipinski definition) is 2. The molecule has 0 atom stereocenters. The highest BCUT2D eigenvalue weighted by Crippen LogP contribution is 2.37. The van der Waals surface area contributed by atoms with Crippen molar-refractivity contribution in [2.24, 2.45) is 0 Å². The fourth-order valence-electron chi connectivity index (χ4n) is 3.59. The predicted molar refractivity (Wildman–Crippen MR) is 113 cm³/mol.